The van der Waals surface area contributed by atoms with Crippen molar-refractivity contribution in [2.24, 2.45) is 7.05 Å². The summed E-state index contributed by atoms with van der Waals surface area (Å²) in [6.07, 6.45) is 3.89. The van der Waals surface area contributed by atoms with E-state index in [1.807, 2.05) is 24.7 Å². The lowest BCUT2D eigenvalue weighted by molar-refractivity contribution is 0.169. The minimum absolute atomic E-state index is 0.346. The average Bonchev–Trinajstić information content (AvgIpc) is 2.48. The third-order valence-electron chi connectivity index (χ3n) is 1.97. The van der Waals surface area contributed by atoms with E-state index in [0.717, 1.165) is 12.4 Å². The minimum Gasteiger partial charge on any atom is -0.391 e. The number of hydrogen-bond donors (Lipinski definition) is 2. The molecule has 0 amide bonds. The molecule has 13 heavy (non-hydrogen) atoms. The van der Waals surface area contributed by atoms with Gasteiger partial charge in [0, 0.05) is 32.4 Å². The van der Waals surface area contributed by atoms with Crippen molar-refractivity contribution in [1.29, 1.82) is 0 Å². The highest BCUT2D eigenvalue weighted by Crippen LogP contribution is 1.98. The van der Waals surface area contributed by atoms with Crippen LogP contribution < -0.4 is 5.32 Å². The van der Waals surface area contributed by atoms with Crippen LogP contribution in [-0.4, -0.2) is 33.9 Å². The summed E-state index contributed by atoms with van der Waals surface area (Å²) in [6, 6.07) is 0. The van der Waals surface area contributed by atoms with E-state index in [1.54, 1.807) is 6.20 Å². The Labute approximate surface area is 78.6 Å². The van der Waals surface area contributed by atoms with Crippen LogP contribution in [0.15, 0.2) is 12.4 Å². The molecule has 1 aromatic rings. The van der Waals surface area contributed by atoms with E-state index in [9.17, 15) is 5.11 Å². The maximum Gasteiger partial charge on any atom is 0.111 e. The fourth-order valence-corrected chi connectivity index (χ4v) is 1.19. The molecule has 74 valence electrons. The molecule has 1 heterocycles. The highest BCUT2D eigenvalue weighted by Gasteiger charge is 2.07. The second-order valence-electron chi connectivity index (χ2n) is 3.12. The summed E-state index contributed by atoms with van der Waals surface area (Å²) >= 11 is 0. The molecular weight excluding hydrogens is 166 g/mol. The normalized spacial score (nSPS) is 13.2. The Balaban J connectivity index is 2.36. The van der Waals surface area contributed by atoms with Crippen molar-refractivity contribution < 1.29 is 5.11 Å². The molecule has 0 saturated heterocycles. The number of aryl methyl sites for hydroxylation is 1. The molecule has 0 aliphatic carbocycles. The van der Waals surface area contributed by atoms with Crippen LogP contribution in [0.2, 0.25) is 0 Å². The Kier molecular flexibility index (Phi) is 3.92. The van der Waals surface area contributed by atoms with Gasteiger partial charge in [-0.3, -0.25) is 0 Å². The van der Waals surface area contributed by atoms with E-state index in [1.165, 1.54) is 0 Å². The topological polar surface area (TPSA) is 50.1 Å². The van der Waals surface area contributed by atoms with E-state index < -0.39 is 0 Å². The molecule has 0 aromatic carbocycles. The third-order valence-corrected chi connectivity index (χ3v) is 1.97. The first kappa shape index (κ1) is 10.2. The van der Waals surface area contributed by atoms with Gasteiger partial charge in [0.25, 0.3) is 0 Å². The van der Waals surface area contributed by atoms with Gasteiger partial charge < -0.3 is 15.0 Å². The van der Waals surface area contributed by atoms with Crippen molar-refractivity contribution in [3.05, 3.63) is 18.2 Å². The largest absolute Gasteiger partial charge is 0.391 e. The van der Waals surface area contributed by atoms with Crippen LogP contribution in [0, 0.1) is 0 Å². The number of hydrogen-bond acceptors (Lipinski definition) is 3. The maximum absolute atomic E-state index is 9.56. The lowest BCUT2D eigenvalue weighted by Crippen LogP contribution is -2.28. The molecule has 1 rings (SSSR count). The number of nitrogens with one attached hydrogen (secondary N) is 1. The van der Waals surface area contributed by atoms with Crippen molar-refractivity contribution in [1.82, 2.24) is 14.9 Å². The van der Waals surface area contributed by atoms with Crippen molar-refractivity contribution in [3.8, 4) is 0 Å². The van der Waals surface area contributed by atoms with Gasteiger partial charge in [-0.15, -0.1) is 0 Å². The van der Waals surface area contributed by atoms with Crippen LogP contribution >= 0.6 is 0 Å². The molecule has 1 unspecified atom stereocenters. The number of likely N-dealkylation sites (N-methyl/N-ethyl adjacent to an activating group) is 1. The first-order valence-corrected chi connectivity index (χ1v) is 4.59. The molecule has 4 heteroatoms. The SMILES string of the molecule is CCNCC(O)Cc1nccn1C. The highest BCUT2D eigenvalue weighted by atomic mass is 16.3. The van der Waals surface area contributed by atoms with Gasteiger partial charge in [-0.2, -0.15) is 0 Å². The summed E-state index contributed by atoms with van der Waals surface area (Å²) in [4.78, 5) is 4.14. The lowest BCUT2D eigenvalue weighted by Gasteiger charge is -2.10. The number of aliphatic hydroxyl groups excluding tert-OH is 1. The van der Waals surface area contributed by atoms with Crippen LogP contribution in [0.5, 0.6) is 0 Å². The predicted octanol–water partition coefficient (Wildman–Crippen LogP) is -0.0670. The molecule has 0 spiro atoms. The van der Waals surface area contributed by atoms with Crippen LogP contribution in [0.25, 0.3) is 0 Å². The Bertz CT molecular complexity index is 247. The van der Waals surface area contributed by atoms with Gasteiger partial charge >= 0.3 is 0 Å². The van der Waals surface area contributed by atoms with Crippen LogP contribution in [-0.2, 0) is 13.5 Å². The standard InChI is InChI=1S/C9H17N3O/c1-3-10-7-8(13)6-9-11-4-5-12(9)2/h4-5,8,10,13H,3,6-7H2,1-2H3. The summed E-state index contributed by atoms with van der Waals surface area (Å²) < 4.78 is 1.93. The van der Waals surface area contributed by atoms with Gasteiger partial charge in [-0.1, -0.05) is 6.92 Å². The van der Waals surface area contributed by atoms with Crippen molar-refractivity contribution in [3.63, 3.8) is 0 Å². The molecule has 2 N–H and O–H groups in total. The van der Waals surface area contributed by atoms with Gasteiger partial charge in [-0.25, -0.2) is 4.98 Å². The summed E-state index contributed by atoms with van der Waals surface area (Å²) in [5, 5.41) is 12.7. The second-order valence-corrected chi connectivity index (χ2v) is 3.12. The first-order chi connectivity index (χ1) is 6.24. The molecule has 0 aliphatic heterocycles. The molecular formula is C9H17N3O. The second kappa shape index (κ2) is 4.99. The Morgan fingerprint density at radius 3 is 3.00 bits per heavy atom. The molecule has 1 aromatic heterocycles. The molecule has 4 nitrogen and oxygen atoms in total. The third kappa shape index (κ3) is 3.16. The van der Waals surface area contributed by atoms with Crippen molar-refractivity contribution in [2.75, 3.05) is 13.1 Å². The Morgan fingerprint density at radius 2 is 2.46 bits per heavy atom. The van der Waals surface area contributed by atoms with E-state index in [0.29, 0.717) is 13.0 Å². The van der Waals surface area contributed by atoms with E-state index >= 15 is 0 Å². The van der Waals surface area contributed by atoms with Gasteiger partial charge in [0.15, 0.2) is 0 Å². The lowest BCUT2D eigenvalue weighted by atomic mass is 10.2. The first-order valence-electron chi connectivity index (χ1n) is 4.59. The van der Waals surface area contributed by atoms with E-state index in [-0.39, 0.29) is 6.10 Å². The number of aromatic nitrogens is 2. The molecule has 0 fully saturated rings. The zero-order valence-corrected chi connectivity index (χ0v) is 8.20. The zero-order valence-electron chi connectivity index (χ0n) is 8.20. The fourth-order valence-electron chi connectivity index (χ4n) is 1.19. The van der Waals surface area contributed by atoms with Crippen molar-refractivity contribution in [2.45, 2.75) is 19.4 Å². The molecule has 0 aliphatic rings. The molecule has 0 radical (unpaired) electrons. The number of aliphatic hydroxyl groups is 1. The predicted molar refractivity (Wildman–Crippen MR) is 51.5 cm³/mol. The van der Waals surface area contributed by atoms with Crippen LogP contribution in [0.1, 0.15) is 12.7 Å². The van der Waals surface area contributed by atoms with Crippen molar-refractivity contribution >= 4 is 0 Å². The summed E-state index contributed by atoms with van der Waals surface area (Å²) in [7, 11) is 1.93. The fraction of sp³-hybridized carbons (Fsp3) is 0.667. The van der Waals surface area contributed by atoms with Crippen LogP contribution in [0.4, 0.5) is 0 Å². The Hall–Kier alpha value is -0.870. The molecule has 0 saturated carbocycles. The average molecular weight is 183 g/mol. The maximum atomic E-state index is 9.56. The summed E-state index contributed by atoms with van der Waals surface area (Å²) in [6.45, 7) is 3.54. The summed E-state index contributed by atoms with van der Waals surface area (Å²) in [5.74, 6) is 0.922. The Morgan fingerprint density at radius 1 is 1.69 bits per heavy atom. The minimum atomic E-state index is -0.346. The van der Waals surface area contributed by atoms with Gasteiger partial charge in [0.1, 0.15) is 5.82 Å². The quantitative estimate of drug-likeness (QED) is 0.672. The molecule has 1 atom stereocenters. The van der Waals surface area contributed by atoms with Gasteiger partial charge in [0.2, 0.25) is 0 Å². The van der Waals surface area contributed by atoms with E-state index in [4.69, 9.17) is 0 Å². The highest BCUT2D eigenvalue weighted by molar-refractivity contribution is 4.93. The molecule has 0 bridgehead atoms. The summed E-state index contributed by atoms with van der Waals surface area (Å²) in [5.41, 5.74) is 0. The van der Waals surface area contributed by atoms with Gasteiger partial charge in [-0.05, 0) is 6.54 Å². The number of rotatable bonds is 5. The van der Waals surface area contributed by atoms with Gasteiger partial charge in [0.05, 0.1) is 6.10 Å². The smallest absolute Gasteiger partial charge is 0.111 e. The number of imidazole rings is 1. The van der Waals surface area contributed by atoms with E-state index in [2.05, 4.69) is 10.3 Å². The van der Waals surface area contributed by atoms with Crippen LogP contribution in [0.3, 0.4) is 0 Å². The zero-order chi connectivity index (χ0) is 9.68. The number of nitrogens with zero attached hydrogens (tertiary/aromatic N) is 2. The monoisotopic (exact) mass is 183 g/mol.